The fourth-order valence-electron chi connectivity index (χ4n) is 1.77. The Kier molecular flexibility index (Phi) is 3.19. The minimum atomic E-state index is -0.240. The Bertz CT molecular complexity index is 371. The van der Waals surface area contributed by atoms with Crippen molar-refractivity contribution in [2.24, 2.45) is 0 Å². The highest BCUT2D eigenvalue weighted by molar-refractivity contribution is 5.82. The molecule has 1 aromatic heterocycles. The van der Waals surface area contributed by atoms with Crippen molar-refractivity contribution in [2.45, 2.75) is 38.8 Å². The molecule has 0 spiro atoms. The summed E-state index contributed by atoms with van der Waals surface area (Å²) in [7, 11) is 0. The molecule has 1 fully saturated rings. The number of rotatable bonds is 3. The Balaban J connectivity index is 1.91. The molecule has 1 aliphatic heterocycles. The van der Waals surface area contributed by atoms with E-state index in [-0.39, 0.29) is 18.0 Å². The van der Waals surface area contributed by atoms with Crippen LogP contribution in [0.4, 0.5) is 0 Å². The van der Waals surface area contributed by atoms with Crippen LogP contribution in [0, 0.1) is 6.92 Å². The molecule has 6 heteroatoms. The Hall–Kier alpha value is -1.43. The second-order valence-electron chi connectivity index (χ2n) is 4.06. The van der Waals surface area contributed by atoms with Gasteiger partial charge in [-0.3, -0.25) is 4.79 Å². The number of carbonyl (C=O) groups is 1. The summed E-state index contributed by atoms with van der Waals surface area (Å²) in [5, 5.41) is 9.68. The first-order valence-electron chi connectivity index (χ1n) is 5.51. The van der Waals surface area contributed by atoms with E-state index in [0.717, 1.165) is 19.4 Å². The summed E-state index contributed by atoms with van der Waals surface area (Å²) in [6.07, 6.45) is 1.94. The molecule has 1 aromatic rings. The van der Waals surface area contributed by atoms with Crippen LogP contribution in [0.1, 0.15) is 37.5 Å². The van der Waals surface area contributed by atoms with E-state index in [4.69, 9.17) is 4.52 Å². The third kappa shape index (κ3) is 2.38. The first kappa shape index (κ1) is 11.1. The zero-order valence-corrected chi connectivity index (χ0v) is 9.49. The zero-order chi connectivity index (χ0) is 11.5. The molecule has 2 heterocycles. The van der Waals surface area contributed by atoms with Gasteiger partial charge in [0.25, 0.3) is 0 Å². The number of aromatic nitrogens is 2. The van der Waals surface area contributed by atoms with E-state index in [9.17, 15) is 4.79 Å². The van der Waals surface area contributed by atoms with E-state index in [1.54, 1.807) is 6.92 Å². The summed E-state index contributed by atoms with van der Waals surface area (Å²) in [4.78, 5) is 15.8. The maximum atomic E-state index is 11.8. The summed E-state index contributed by atoms with van der Waals surface area (Å²) in [5.74, 6) is 1.03. The van der Waals surface area contributed by atoms with Crippen molar-refractivity contribution in [2.75, 3.05) is 6.54 Å². The number of amides is 1. The third-order valence-corrected chi connectivity index (χ3v) is 2.65. The molecule has 2 atom stereocenters. The second kappa shape index (κ2) is 4.61. The van der Waals surface area contributed by atoms with Crippen LogP contribution in [0.2, 0.25) is 0 Å². The predicted molar refractivity (Wildman–Crippen MR) is 56.6 cm³/mol. The number of carbonyl (C=O) groups excluding carboxylic acids is 1. The third-order valence-electron chi connectivity index (χ3n) is 2.65. The van der Waals surface area contributed by atoms with Gasteiger partial charge in [-0.05, 0) is 33.2 Å². The molecular weight excluding hydrogens is 208 g/mol. The van der Waals surface area contributed by atoms with Crippen LogP contribution >= 0.6 is 0 Å². The molecule has 1 amide bonds. The first-order valence-corrected chi connectivity index (χ1v) is 5.51. The summed E-state index contributed by atoms with van der Waals surface area (Å²) in [6.45, 7) is 4.49. The molecule has 2 rings (SSSR count). The second-order valence-corrected chi connectivity index (χ2v) is 4.06. The zero-order valence-electron chi connectivity index (χ0n) is 9.49. The van der Waals surface area contributed by atoms with Gasteiger partial charge in [-0.1, -0.05) is 5.16 Å². The van der Waals surface area contributed by atoms with Crippen molar-refractivity contribution >= 4 is 5.91 Å². The smallest absolute Gasteiger partial charge is 0.248 e. The molecule has 0 aliphatic carbocycles. The van der Waals surface area contributed by atoms with Crippen molar-refractivity contribution in [3.63, 3.8) is 0 Å². The van der Waals surface area contributed by atoms with Gasteiger partial charge in [0.05, 0.1) is 6.04 Å². The van der Waals surface area contributed by atoms with Gasteiger partial charge in [0.2, 0.25) is 11.8 Å². The summed E-state index contributed by atoms with van der Waals surface area (Å²) in [6, 6.07) is -0.317. The average Bonchev–Trinajstić information content (AvgIpc) is 2.87. The Morgan fingerprint density at radius 3 is 3.06 bits per heavy atom. The van der Waals surface area contributed by atoms with E-state index >= 15 is 0 Å². The summed E-state index contributed by atoms with van der Waals surface area (Å²) < 4.78 is 4.99. The van der Waals surface area contributed by atoms with Crippen LogP contribution in [0.25, 0.3) is 0 Å². The van der Waals surface area contributed by atoms with Crippen molar-refractivity contribution in [1.29, 1.82) is 0 Å². The number of hydrogen-bond donors (Lipinski definition) is 2. The molecule has 1 saturated heterocycles. The lowest BCUT2D eigenvalue weighted by atomic mass is 10.2. The average molecular weight is 224 g/mol. The maximum Gasteiger partial charge on any atom is 0.248 e. The van der Waals surface area contributed by atoms with Crippen LogP contribution in [0.15, 0.2) is 4.52 Å². The number of aryl methyl sites for hydroxylation is 1. The van der Waals surface area contributed by atoms with Gasteiger partial charge in [-0.2, -0.15) is 4.98 Å². The lowest BCUT2D eigenvalue weighted by Crippen LogP contribution is -2.41. The Morgan fingerprint density at radius 2 is 2.50 bits per heavy atom. The fourth-order valence-corrected chi connectivity index (χ4v) is 1.77. The predicted octanol–water partition coefficient (Wildman–Crippen LogP) is 0.307. The largest absolute Gasteiger partial charge is 0.343 e. The highest BCUT2D eigenvalue weighted by atomic mass is 16.5. The molecule has 1 aliphatic rings. The van der Waals surface area contributed by atoms with E-state index < -0.39 is 0 Å². The van der Waals surface area contributed by atoms with Crippen LogP contribution in [0.5, 0.6) is 0 Å². The lowest BCUT2D eigenvalue weighted by molar-refractivity contribution is -0.123. The SMILES string of the molecule is Cc1noc(C(C)NC(=O)C2CCCN2)n1. The van der Waals surface area contributed by atoms with E-state index in [1.165, 1.54) is 0 Å². The van der Waals surface area contributed by atoms with E-state index in [1.807, 2.05) is 6.92 Å². The first-order chi connectivity index (χ1) is 7.66. The van der Waals surface area contributed by atoms with Gasteiger partial charge in [0.15, 0.2) is 5.82 Å². The lowest BCUT2D eigenvalue weighted by Gasteiger charge is -2.14. The van der Waals surface area contributed by atoms with Gasteiger partial charge in [0.1, 0.15) is 6.04 Å². The van der Waals surface area contributed by atoms with Gasteiger partial charge in [-0.25, -0.2) is 0 Å². The van der Waals surface area contributed by atoms with Crippen molar-refractivity contribution in [1.82, 2.24) is 20.8 Å². The summed E-state index contributed by atoms with van der Waals surface area (Å²) in [5.41, 5.74) is 0. The Labute approximate surface area is 93.8 Å². The molecule has 6 nitrogen and oxygen atoms in total. The summed E-state index contributed by atoms with van der Waals surface area (Å²) >= 11 is 0. The minimum Gasteiger partial charge on any atom is -0.343 e. The number of nitrogens with zero attached hydrogens (tertiary/aromatic N) is 2. The van der Waals surface area contributed by atoms with Crippen LogP contribution in [0.3, 0.4) is 0 Å². The number of hydrogen-bond acceptors (Lipinski definition) is 5. The molecule has 88 valence electrons. The number of nitrogens with one attached hydrogen (secondary N) is 2. The van der Waals surface area contributed by atoms with Crippen LogP contribution in [-0.4, -0.2) is 28.6 Å². The molecule has 0 saturated carbocycles. The molecule has 2 N–H and O–H groups in total. The van der Waals surface area contributed by atoms with Crippen LogP contribution in [-0.2, 0) is 4.79 Å². The monoisotopic (exact) mass is 224 g/mol. The molecule has 0 aromatic carbocycles. The highest BCUT2D eigenvalue weighted by Crippen LogP contribution is 2.11. The Morgan fingerprint density at radius 1 is 1.69 bits per heavy atom. The quantitative estimate of drug-likeness (QED) is 0.772. The van der Waals surface area contributed by atoms with Gasteiger partial charge >= 0.3 is 0 Å². The standard InChI is InChI=1S/C10H16N4O2/c1-6(10-13-7(2)14-16-10)12-9(15)8-4-3-5-11-8/h6,8,11H,3-5H2,1-2H3,(H,12,15). The molecular formula is C10H16N4O2. The van der Waals surface area contributed by atoms with Gasteiger partial charge in [-0.15, -0.1) is 0 Å². The fraction of sp³-hybridized carbons (Fsp3) is 0.700. The molecule has 0 bridgehead atoms. The molecule has 2 unspecified atom stereocenters. The normalized spacial score (nSPS) is 22.0. The van der Waals surface area contributed by atoms with E-state index in [2.05, 4.69) is 20.8 Å². The minimum absolute atomic E-state index is 0.000790. The van der Waals surface area contributed by atoms with Crippen molar-refractivity contribution < 1.29 is 9.32 Å². The maximum absolute atomic E-state index is 11.8. The van der Waals surface area contributed by atoms with Crippen molar-refractivity contribution in [3.8, 4) is 0 Å². The van der Waals surface area contributed by atoms with Gasteiger partial charge in [0, 0.05) is 0 Å². The van der Waals surface area contributed by atoms with Gasteiger partial charge < -0.3 is 15.2 Å². The topological polar surface area (TPSA) is 80.0 Å². The van der Waals surface area contributed by atoms with E-state index in [0.29, 0.717) is 11.7 Å². The van der Waals surface area contributed by atoms with Crippen molar-refractivity contribution in [3.05, 3.63) is 11.7 Å². The van der Waals surface area contributed by atoms with Crippen LogP contribution < -0.4 is 10.6 Å². The molecule has 16 heavy (non-hydrogen) atoms. The highest BCUT2D eigenvalue weighted by Gasteiger charge is 2.24. The molecule has 0 radical (unpaired) electrons.